The van der Waals surface area contributed by atoms with Gasteiger partial charge in [-0.1, -0.05) is 0 Å². The third-order valence-corrected chi connectivity index (χ3v) is 12.7. The van der Waals surface area contributed by atoms with Gasteiger partial charge in [-0.2, -0.15) is 33.7 Å². The highest BCUT2D eigenvalue weighted by atomic mass is 32.3. The molecular weight excluding hydrogens is 855 g/mol. The molecule has 10 N–H and O–H groups in total. The van der Waals surface area contributed by atoms with Crippen molar-refractivity contribution in [2.24, 2.45) is 20.5 Å². The minimum atomic E-state index is -5.24. The molecule has 0 bridgehead atoms. The Hall–Kier alpha value is -4.28. The molecule has 0 radical (unpaired) electrons. The second-order valence-corrected chi connectivity index (χ2v) is 19.5. The summed E-state index contributed by atoms with van der Waals surface area (Å²) in [6.45, 7) is -0.784. The van der Waals surface area contributed by atoms with Crippen LogP contribution in [0.25, 0.3) is 0 Å². The summed E-state index contributed by atoms with van der Waals surface area (Å²) in [6, 6.07) is 4.10. The molecule has 31 heteroatoms. The molecule has 54 heavy (non-hydrogen) atoms. The number of nitrogens with two attached hydrogens (primary N) is 3. The van der Waals surface area contributed by atoms with Gasteiger partial charge in [0.05, 0.1) is 51.6 Å². The topological polar surface area (TPSA) is 432 Å². The number of anilines is 3. The van der Waals surface area contributed by atoms with Crippen molar-refractivity contribution in [2.45, 2.75) is 26.5 Å². The third kappa shape index (κ3) is 11.4. The Morgan fingerprint density at radius 2 is 0.870 bits per heavy atom. The summed E-state index contributed by atoms with van der Waals surface area (Å²) in [5.41, 5.74) is 14.9. The summed E-state index contributed by atoms with van der Waals surface area (Å²) in [5.74, 6) is -2.12. The average Bonchev–Trinajstić information content (AvgIpc) is 3.01. The molecule has 0 fully saturated rings. The van der Waals surface area contributed by atoms with Gasteiger partial charge in [0.15, 0.2) is 19.7 Å². The summed E-state index contributed by atoms with van der Waals surface area (Å²) in [7, 11) is -29.4. The van der Waals surface area contributed by atoms with Gasteiger partial charge in [-0.15, -0.1) is 20.5 Å². The number of azo groups is 2. The molecule has 0 atom stereocenters. The molecule has 0 aliphatic rings. The van der Waals surface area contributed by atoms with E-state index in [2.05, 4.69) is 28.8 Å². The lowest BCUT2D eigenvalue weighted by molar-refractivity contribution is 0.282. The van der Waals surface area contributed by atoms with Crippen LogP contribution in [0.2, 0.25) is 0 Å². The fourth-order valence-electron chi connectivity index (χ4n) is 4.01. The fraction of sp³-hybridized carbons (Fsp3) is 0.217. The van der Waals surface area contributed by atoms with Crippen LogP contribution in [0.3, 0.4) is 0 Å². The molecular formula is C23H27N7O18S6. The zero-order valence-corrected chi connectivity index (χ0v) is 31.7. The summed E-state index contributed by atoms with van der Waals surface area (Å²) in [5, 5.41) is 14.9. The van der Waals surface area contributed by atoms with E-state index in [1.165, 1.54) is 6.92 Å². The van der Waals surface area contributed by atoms with Gasteiger partial charge in [0.25, 0.3) is 20.2 Å². The molecule has 0 spiro atoms. The standard InChI is InChI=1S/C23H27N7O18S6/c1-12-19(24)22(29-27-15-4-2-13(10-17(15)51(35,36)37)49(31,32)8-6-47-53(41,42)43)21(26)23(20(12)25)30-28-16-5-3-14(11-18(16)52(38,39)40)50(33,34)9-7-48-54(44,45)46/h2-5,10-11H,6-9,24-26H2,1H3,(H,35,36,37)(H,38,39,40)(H,41,42,43)(H,44,45,46)/b29-27+,30-28+. The van der Waals surface area contributed by atoms with Gasteiger partial charge in [0.2, 0.25) is 0 Å². The fourth-order valence-corrected chi connectivity index (χ4v) is 8.48. The van der Waals surface area contributed by atoms with Gasteiger partial charge < -0.3 is 17.2 Å². The van der Waals surface area contributed by atoms with Crippen LogP contribution in [0.1, 0.15) is 5.56 Å². The van der Waals surface area contributed by atoms with E-state index in [1.807, 2.05) is 0 Å². The molecule has 0 amide bonds. The van der Waals surface area contributed by atoms with Crippen LogP contribution in [-0.4, -0.2) is 93.4 Å². The van der Waals surface area contributed by atoms with Crippen molar-refractivity contribution in [2.75, 3.05) is 41.9 Å². The third-order valence-electron chi connectivity index (χ3n) is 6.65. The molecule has 0 aliphatic heterocycles. The minimum absolute atomic E-state index is 0.0132. The Bertz CT molecular complexity index is 2550. The molecule has 0 unspecified atom stereocenters. The number of sulfone groups is 2. The van der Waals surface area contributed by atoms with Crippen LogP contribution in [0, 0.1) is 6.92 Å². The number of hydrogen-bond donors (Lipinski definition) is 7. The van der Waals surface area contributed by atoms with Crippen molar-refractivity contribution < 1.29 is 77.1 Å². The number of benzene rings is 3. The van der Waals surface area contributed by atoms with Gasteiger partial charge in [0, 0.05) is 0 Å². The van der Waals surface area contributed by atoms with Crippen molar-refractivity contribution in [1.29, 1.82) is 0 Å². The van der Waals surface area contributed by atoms with Crippen LogP contribution in [0.15, 0.2) is 76.4 Å². The molecule has 25 nitrogen and oxygen atoms in total. The highest BCUT2D eigenvalue weighted by Crippen LogP contribution is 2.46. The number of hydrogen-bond acceptors (Lipinski definition) is 21. The summed E-state index contributed by atoms with van der Waals surface area (Å²) < 4.78 is 187. The predicted molar refractivity (Wildman–Crippen MR) is 184 cm³/mol. The highest BCUT2D eigenvalue weighted by Gasteiger charge is 2.25. The summed E-state index contributed by atoms with van der Waals surface area (Å²) in [4.78, 5) is -3.72. The molecule has 3 aromatic carbocycles. The molecule has 298 valence electrons. The van der Waals surface area contributed by atoms with Gasteiger partial charge in [-0.3, -0.25) is 18.2 Å². The van der Waals surface area contributed by atoms with Gasteiger partial charge in [-0.25, -0.2) is 25.2 Å². The second-order valence-electron chi connectivity index (χ2n) is 10.3. The number of nitrogen functional groups attached to an aromatic ring is 3. The van der Waals surface area contributed by atoms with E-state index < -0.39 is 133 Å². The highest BCUT2D eigenvalue weighted by molar-refractivity contribution is 7.92. The number of nitrogens with zero attached hydrogens (tertiary/aromatic N) is 4. The van der Waals surface area contributed by atoms with E-state index in [-0.39, 0.29) is 16.9 Å². The molecule has 0 saturated carbocycles. The van der Waals surface area contributed by atoms with E-state index in [0.717, 1.165) is 24.3 Å². The lowest BCUT2D eigenvalue weighted by atomic mass is 10.1. The molecule has 0 heterocycles. The van der Waals surface area contributed by atoms with Crippen LogP contribution in [0.4, 0.5) is 39.8 Å². The van der Waals surface area contributed by atoms with Gasteiger partial charge >= 0.3 is 20.8 Å². The van der Waals surface area contributed by atoms with Crippen molar-refractivity contribution in [3.8, 4) is 0 Å². The van der Waals surface area contributed by atoms with Crippen molar-refractivity contribution >= 4 is 101 Å². The van der Waals surface area contributed by atoms with Gasteiger partial charge in [-0.05, 0) is 48.9 Å². The lowest BCUT2D eigenvalue weighted by Gasteiger charge is -2.13. The molecule has 0 aromatic heterocycles. The molecule has 3 rings (SSSR count). The first-order valence-electron chi connectivity index (χ1n) is 13.7. The minimum Gasteiger partial charge on any atom is -0.397 e. The van der Waals surface area contributed by atoms with E-state index >= 15 is 0 Å². The zero-order chi connectivity index (χ0) is 41.2. The van der Waals surface area contributed by atoms with Crippen molar-refractivity contribution in [3.63, 3.8) is 0 Å². The predicted octanol–water partition coefficient (Wildman–Crippen LogP) is 1.25. The Morgan fingerprint density at radius 1 is 0.537 bits per heavy atom. The maximum absolute atomic E-state index is 12.6. The van der Waals surface area contributed by atoms with E-state index in [1.54, 1.807) is 0 Å². The Morgan fingerprint density at radius 3 is 1.17 bits per heavy atom. The van der Waals surface area contributed by atoms with Crippen LogP contribution in [0.5, 0.6) is 0 Å². The smallest absolute Gasteiger partial charge is 0.397 e. The van der Waals surface area contributed by atoms with Crippen LogP contribution < -0.4 is 17.2 Å². The van der Waals surface area contributed by atoms with Crippen LogP contribution in [-0.2, 0) is 69.1 Å². The quantitative estimate of drug-likeness (QED) is 0.0604. The lowest BCUT2D eigenvalue weighted by Crippen LogP contribution is -2.16. The molecule has 3 aromatic rings. The van der Waals surface area contributed by atoms with Crippen molar-refractivity contribution in [1.82, 2.24) is 0 Å². The maximum atomic E-state index is 12.6. The summed E-state index contributed by atoms with van der Waals surface area (Å²) in [6.07, 6.45) is 0. The largest absolute Gasteiger partial charge is 0.397 e. The Kier molecular flexibility index (Phi) is 12.9. The Balaban J connectivity index is 2.09. The Labute approximate surface area is 307 Å². The zero-order valence-electron chi connectivity index (χ0n) is 26.8. The summed E-state index contributed by atoms with van der Waals surface area (Å²) >= 11 is 0. The molecule has 0 saturated heterocycles. The maximum Gasteiger partial charge on any atom is 0.397 e. The average molecular weight is 882 g/mol. The van der Waals surface area contributed by atoms with Gasteiger partial charge in [0.1, 0.15) is 32.5 Å². The van der Waals surface area contributed by atoms with E-state index in [4.69, 9.17) is 26.3 Å². The SMILES string of the molecule is Cc1c(N)c(/N=N/c2ccc(S(=O)(=O)CCOS(=O)(=O)O)cc2S(=O)(=O)O)c(N)c(/N=N/c2ccc(S(=O)(=O)CCOS(=O)(=O)O)cc2S(=O)(=O)O)c1N. The normalized spacial score (nSPS) is 13.6. The van der Waals surface area contributed by atoms with Crippen molar-refractivity contribution in [3.05, 3.63) is 42.0 Å². The first kappa shape index (κ1) is 44.1. The monoisotopic (exact) mass is 881 g/mol. The van der Waals surface area contributed by atoms with Crippen LogP contribution >= 0.6 is 0 Å². The van der Waals surface area contributed by atoms with E-state index in [0.29, 0.717) is 12.1 Å². The second kappa shape index (κ2) is 15.8. The molecule has 0 aliphatic carbocycles. The van der Waals surface area contributed by atoms with E-state index in [9.17, 15) is 59.6 Å². The first-order chi connectivity index (χ1) is 24.4. The first-order valence-corrected chi connectivity index (χ1v) is 22.6. The number of rotatable bonds is 16.